The number of rotatable bonds is 6. The average molecular weight is 442 g/mol. The Morgan fingerprint density at radius 2 is 1.91 bits per heavy atom. The lowest BCUT2D eigenvalue weighted by Gasteiger charge is -2.25. The number of carbonyl (C=O) groups excluding carboxylic acids is 1. The summed E-state index contributed by atoms with van der Waals surface area (Å²) in [5.74, 6) is 0.856. The number of hydrogen-bond acceptors (Lipinski definition) is 6. The van der Waals surface area contributed by atoms with Crippen LogP contribution in [0.15, 0.2) is 76.2 Å². The molecular weight excluding hydrogens is 420 g/mol. The van der Waals surface area contributed by atoms with Crippen LogP contribution in [-0.2, 0) is 6.54 Å². The zero-order valence-electron chi connectivity index (χ0n) is 18.3. The number of benzene rings is 2. The normalized spacial score (nSPS) is 15.0. The maximum absolute atomic E-state index is 13.6. The largest absolute Gasteiger partial charge is 0.493 e. The van der Waals surface area contributed by atoms with Gasteiger partial charge in [0.05, 0.1) is 30.7 Å². The number of nitrogens with zero attached hydrogens (tertiary/aromatic N) is 2. The van der Waals surface area contributed by atoms with Crippen LogP contribution in [0.5, 0.6) is 11.5 Å². The van der Waals surface area contributed by atoms with E-state index in [1.54, 1.807) is 54.7 Å². The summed E-state index contributed by atoms with van der Waals surface area (Å²) in [5, 5.41) is 0.440. The Morgan fingerprint density at radius 1 is 1.06 bits per heavy atom. The van der Waals surface area contributed by atoms with Gasteiger partial charge < -0.3 is 18.8 Å². The summed E-state index contributed by atoms with van der Waals surface area (Å²) in [7, 11) is 1.56. The molecule has 2 aromatic carbocycles. The molecule has 7 heteroatoms. The lowest BCUT2D eigenvalue weighted by molar-refractivity contribution is 0.0714. The van der Waals surface area contributed by atoms with Crippen LogP contribution < -0.4 is 14.9 Å². The van der Waals surface area contributed by atoms with Gasteiger partial charge in [0.2, 0.25) is 5.76 Å². The minimum atomic E-state index is -0.641. The van der Waals surface area contributed by atoms with Crippen LogP contribution >= 0.6 is 0 Å². The number of amides is 1. The highest BCUT2D eigenvalue weighted by atomic mass is 16.5. The molecule has 166 valence electrons. The second-order valence-corrected chi connectivity index (χ2v) is 7.71. The number of carbonyl (C=O) groups is 1. The highest BCUT2D eigenvalue weighted by Crippen LogP contribution is 2.41. The average Bonchev–Trinajstić information content (AvgIpc) is 3.12. The van der Waals surface area contributed by atoms with Gasteiger partial charge in [-0.2, -0.15) is 0 Å². The van der Waals surface area contributed by atoms with Crippen molar-refractivity contribution in [2.24, 2.45) is 0 Å². The summed E-state index contributed by atoms with van der Waals surface area (Å²) in [4.78, 5) is 32.9. The van der Waals surface area contributed by atoms with Crippen molar-refractivity contribution in [1.82, 2.24) is 9.88 Å². The highest BCUT2D eigenvalue weighted by molar-refractivity contribution is 5.99. The van der Waals surface area contributed by atoms with Gasteiger partial charge in [-0.1, -0.05) is 24.3 Å². The Bertz CT molecular complexity index is 1400. The van der Waals surface area contributed by atoms with Gasteiger partial charge in [-0.05, 0) is 48.4 Å². The van der Waals surface area contributed by atoms with E-state index < -0.39 is 6.04 Å². The molecule has 7 nitrogen and oxygen atoms in total. The SMILES string of the molecule is CCOc1ccc([C@@H]2c3c(oc4ccccc4c3=O)C(=O)N2Cc2cccnc2)cc1OC. The number of methoxy groups -OCH3 is 1. The number of aromatic nitrogens is 1. The zero-order valence-corrected chi connectivity index (χ0v) is 18.3. The van der Waals surface area contributed by atoms with Gasteiger partial charge in [0.15, 0.2) is 16.9 Å². The van der Waals surface area contributed by atoms with Gasteiger partial charge in [0.1, 0.15) is 5.58 Å². The minimum Gasteiger partial charge on any atom is -0.493 e. The molecular formula is C26H22N2O5. The lowest BCUT2D eigenvalue weighted by Crippen LogP contribution is -2.29. The molecule has 1 aliphatic heterocycles. The van der Waals surface area contributed by atoms with Crippen molar-refractivity contribution in [2.75, 3.05) is 13.7 Å². The maximum atomic E-state index is 13.6. The summed E-state index contributed by atoms with van der Waals surface area (Å²) < 4.78 is 17.1. The van der Waals surface area contributed by atoms with Crippen molar-refractivity contribution < 1.29 is 18.7 Å². The fourth-order valence-electron chi connectivity index (χ4n) is 4.29. The van der Waals surface area contributed by atoms with Gasteiger partial charge in [0, 0.05) is 18.9 Å². The molecule has 0 unspecified atom stereocenters. The molecule has 0 saturated carbocycles. The van der Waals surface area contributed by atoms with E-state index in [0.717, 1.165) is 11.1 Å². The molecule has 0 bridgehead atoms. The van der Waals surface area contributed by atoms with Crippen molar-refractivity contribution in [1.29, 1.82) is 0 Å². The minimum absolute atomic E-state index is 0.0699. The van der Waals surface area contributed by atoms with E-state index in [1.165, 1.54) is 0 Å². The number of para-hydroxylation sites is 1. The summed E-state index contributed by atoms with van der Waals surface area (Å²) >= 11 is 0. The molecule has 1 atom stereocenters. The molecule has 0 aliphatic carbocycles. The molecule has 1 amide bonds. The van der Waals surface area contributed by atoms with Crippen LogP contribution in [0.2, 0.25) is 0 Å². The van der Waals surface area contributed by atoms with Crippen LogP contribution in [0, 0.1) is 0 Å². The van der Waals surface area contributed by atoms with E-state index in [0.29, 0.717) is 34.6 Å². The third kappa shape index (κ3) is 3.51. The Kier molecular flexibility index (Phi) is 5.30. The van der Waals surface area contributed by atoms with E-state index >= 15 is 0 Å². The predicted octanol–water partition coefficient (Wildman–Crippen LogP) is 4.34. The maximum Gasteiger partial charge on any atom is 0.291 e. The van der Waals surface area contributed by atoms with Crippen molar-refractivity contribution in [3.05, 3.63) is 99.7 Å². The molecule has 0 radical (unpaired) electrons. The lowest BCUT2D eigenvalue weighted by atomic mass is 9.98. The highest BCUT2D eigenvalue weighted by Gasteiger charge is 2.43. The van der Waals surface area contributed by atoms with Crippen LogP contribution in [0.25, 0.3) is 11.0 Å². The fourth-order valence-corrected chi connectivity index (χ4v) is 4.29. The van der Waals surface area contributed by atoms with Gasteiger partial charge in [-0.25, -0.2) is 0 Å². The Labute approximate surface area is 190 Å². The third-order valence-corrected chi connectivity index (χ3v) is 5.75. The van der Waals surface area contributed by atoms with Gasteiger partial charge >= 0.3 is 0 Å². The molecule has 0 saturated heterocycles. The van der Waals surface area contributed by atoms with E-state index in [-0.39, 0.29) is 23.6 Å². The summed E-state index contributed by atoms with van der Waals surface area (Å²) in [6.07, 6.45) is 3.38. The Balaban J connectivity index is 1.71. The van der Waals surface area contributed by atoms with Crippen LogP contribution in [0.4, 0.5) is 0 Å². The first-order valence-electron chi connectivity index (χ1n) is 10.7. The van der Waals surface area contributed by atoms with Crippen LogP contribution in [0.1, 0.15) is 40.2 Å². The first-order valence-corrected chi connectivity index (χ1v) is 10.7. The second kappa shape index (κ2) is 8.43. The number of hydrogen-bond donors (Lipinski definition) is 0. The number of ether oxygens (including phenoxy) is 2. The molecule has 4 aromatic rings. The standard InChI is InChI=1S/C26H22N2O5/c1-3-32-20-11-10-17(13-21(20)31-2)23-22-24(29)18-8-4-5-9-19(18)33-25(22)26(30)28(23)15-16-7-6-12-27-14-16/h4-14,23H,3,15H2,1-2H3/t23-/m1/s1. The zero-order chi connectivity index (χ0) is 22.9. The van der Waals surface area contributed by atoms with E-state index in [9.17, 15) is 9.59 Å². The molecule has 2 aromatic heterocycles. The van der Waals surface area contributed by atoms with Crippen molar-refractivity contribution in [3.63, 3.8) is 0 Å². The third-order valence-electron chi connectivity index (χ3n) is 5.75. The summed E-state index contributed by atoms with van der Waals surface area (Å²) in [5.41, 5.74) is 2.08. The monoisotopic (exact) mass is 442 g/mol. The summed E-state index contributed by atoms with van der Waals surface area (Å²) in [6, 6.07) is 15.5. The van der Waals surface area contributed by atoms with E-state index in [2.05, 4.69) is 4.98 Å². The first-order chi connectivity index (χ1) is 16.1. The smallest absolute Gasteiger partial charge is 0.291 e. The van der Waals surface area contributed by atoms with Gasteiger partial charge in [0.25, 0.3) is 5.91 Å². The Morgan fingerprint density at radius 3 is 2.67 bits per heavy atom. The predicted molar refractivity (Wildman–Crippen MR) is 123 cm³/mol. The Hall–Kier alpha value is -4.13. The van der Waals surface area contributed by atoms with Crippen molar-refractivity contribution >= 4 is 16.9 Å². The summed E-state index contributed by atoms with van der Waals surface area (Å²) in [6.45, 7) is 2.65. The number of fused-ring (bicyclic) bond motifs is 2. The van der Waals surface area contributed by atoms with Gasteiger partial charge in [-0.3, -0.25) is 14.6 Å². The quantitative estimate of drug-likeness (QED) is 0.442. The number of pyridine rings is 1. The second-order valence-electron chi connectivity index (χ2n) is 7.71. The topological polar surface area (TPSA) is 81.9 Å². The van der Waals surface area contributed by atoms with E-state index in [4.69, 9.17) is 13.9 Å². The fraction of sp³-hybridized carbons (Fsp3) is 0.192. The van der Waals surface area contributed by atoms with Crippen molar-refractivity contribution in [2.45, 2.75) is 19.5 Å². The molecule has 0 spiro atoms. The molecule has 0 fully saturated rings. The van der Waals surface area contributed by atoms with Crippen LogP contribution in [-0.4, -0.2) is 29.5 Å². The molecule has 3 heterocycles. The molecule has 33 heavy (non-hydrogen) atoms. The van der Waals surface area contributed by atoms with Crippen LogP contribution in [0.3, 0.4) is 0 Å². The molecule has 0 N–H and O–H groups in total. The van der Waals surface area contributed by atoms with Gasteiger partial charge in [-0.15, -0.1) is 0 Å². The van der Waals surface area contributed by atoms with Crippen molar-refractivity contribution in [3.8, 4) is 11.5 Å². The van der Waals surface area contributed by atoms with E-state index in [1.807, 2.05) is 31.2 Å². The molecule has 1 aliphatic rings. The first kappa shape index (κ1) is 20.8. The molecule has 5 rings (SSSR count).